The van der Waals surface area contributed by atoms with Gasteiger partial charge in [0.25, 0.3) is 0 Å². The Morgan fingerprint density at radius 3 is 2.45 bits per heavy atom. The zero-order chi connectivity index (χ0) is 28.8. The SMILES string of the molecule is CC(C)c1ccnc(-c2nc3nc(C#N)nc(N(C)[C@H](C)C4CCC4)c3n2Cc2ccc(C(F)(F)F)c(F)c2)c1. The molecule has 1 saturated carbocycles. The number of hydrogen-bond donors (Lipinski definition) is 0. The van der Waals surface area contributed by atoms with E-state index in [9.17, 15) is 22.8 Å². The molecular weight excluding hydrogens is 522 g/mol. The van der Waals surface area contributed by atoms with Crippen molar-refractivity contribution in [2.75, 3.05) is 11.9 Å². The van der Waals surface area contributed by atoms with Crippen molar-refractivity contribution in [3.63, 3.8) is 0 Å². The van der Waals surface area contributed by atoms with Crippen LogP contribution in [-0.2, 0) is 12.7 Å². The molecule has 5 rings (SSSR count). The van der Waals surface area contributed by atoms with Crippen molar-refractivity contribution in [2.24, 2.45) is 5.92 Å². The van der Waals surface area contributed by atoms with Gasteiger partial charge in [-0.25, -0.2) is 9.37 Å². The molecule has 0 saturated heterocycles. The van der Waals surface area contributed by atoms with Crippen LogP contribution >= 0.6 is 0 Å². The summed E-state index contributed by atoms with van der Waals surface area (Å²) < 4.78 is 56.0. The molecule has 0 aliphatic heterocycles. The summed E-state index contributed by atoms with van der Waals surface area (Å²) in [6.07, 6.45) is 0.207. The van der Waals surface area contributed by atoms with E-state index < -0.39 is 17.6 Å². The molecule has 1 fully saturated rings. The molecule has 1 aliphatic rings. The van der Waals surface area contributed by atoms with Gasteiger partial charge in [0.15, 0.2) is 17.3 Å². The zero-order valence-electron chi connectivity index (χ0n) is 22.7. The molecule has 0 bridgehead atoms. The lowest BCUT2D eigenvalue weighted by Gasteiger charge is -2.38. The van der Waals surface area contributed by atoms with Gasteiger partial charge in [0, 0.05) is 19.3 Å². The highest BCUT2D eigenvalue weighted by atomic mass is 19.4. The lowest BCUT2D eigenvalue weighted by atomic mass is 9.80. The number of aromatic nitrogens is 5. The Balaban J connectivity index is 1.73. The van der Waals surface area contributed by atoms with Crippen LogP contribution in [0.15, 0.2) is 36.5 Å². The van der Waals surface area contributed by atoms with Crippen molar-refractivity contribution in [1.82, 2.24) is 24.5 Å². The number of hydrogen-bond acceptors (Lipinski definition) is 6. The maximum absolute atomic E-state index is 14.6. The molecule has 0 amide bonds. The molecule has 3 aromatic heterocycles. The maximum Gasteiger partial charge on any atom is 0.419 e. The van der Waals surface area contributed by atoms with Crippen LogP contribution < -0.4 is 4.90 Å². The Bertz CT molecular complexity index is 1600. The van der Waals surface area contributed by atoms with Gasteiger partial charge in [-0.1, -0.05) is 26.3 Å². The molecule has 7 nitrogen and oxygen atoms in total. The number of anilines is 1. The van der Waals surface area contributed by atoms with Gasteiger partial charge in [-0.3, -0.25) is 4.98 Å². The molecule has 208 valence electrons. The van der Waals surface area contributed by atoms with E-state index >= 15 is 0 Å². The van der Waals surface area contributed by atoms with E-state index in [1.54, 1.807) is 10.8 Å². The van der Waals surface area contributed by atoms with Crippen molar-refractivity contribution < 1.29 is 17.6 Å². The highest BCUT2D eigenvalue weighted by molar-refractivity contribution is 5.87. The van der Waals surface area contributed by atoms with E-state index in [4.69, 9.17) is 4.98 Å². The lowest BCUT2D eigenvalue weighted by Crippen LogP contribution is -2.39. The molecule has 40 heavy (non-hydrogen) atoms. The molecule has 0 radical (unpaired) electrons. The van der Waals surface area contributed by atoms with Crippen molar-refractivity contribution in [1.29, 1.82) is 5.26 Å². The molecule has 4 aromatic rings. The fraction of sp³-hybridized carbons (Fsp3) is 0.414. The average molecular weight is 552 g/mol. The largest absolute Gasteiger partial charge is 0.419 e. The van der Waals surface area contributed by atoms with Crippen molar-refractivity contribution in [3.8, 4) is 17.6 Å². The van der Waals surface area contributed by atoms with Crippen LogP contribution in [0.4, 0.5) is 23.4 Å². The Labute approximate surface area is 229 Å². The average Bonchev–Trinajstić information content (AvgIpc) is 3.24. The van der Waals surface area contributed by atoms with Gasteiger partial charge in [-0.15, -0.1) is 0 Å². The predicted molar refractivity (Wildman–Crippen MR) is 143 cm³/mol. The summed E-state index contributed by atoms with van der Waals surface area (Å²) in [7, 11) is 1.90. The van der Waals surface area contributed by atoms with Gasteiger partial charge >= 0.3 is 6.18 Å². The van der Waals surface area contributed by atoms with Gasteiger partial charge in [-0.05, 0) is 67.0 Å². The standard InChI is InChI=1S/C29H29F4N7/c1-16(2)20-10-11-35-23(13-20)27-38-26-25(40(27)15-18-8-9-21(22(30)12-18)29(31,32)33)28(37-24(14-34)36-26)39(4)17(3)19-6-5-7-19/h8-13,16-17,19H,5-7,15H2,1-4H3/t17-/m1/s1. The number of fused-ring (bicyclic) bond motifs is 1. The van der Waals surface area contributed by atoms with Crippen LogP contribution in [-0.4, -0.2) is 37.6 Å². The molecule has 1 aromatic carbocycles. The third kappa shape index (κ3) is 5.10. The number of nitrogens with zero attached hydrogens (tertiary/aromatic N) is 7. The van der Waals surface area contributed by atoms with Gasteiger partial charge in [-0.2, -0.15) is 28.4 Å². The predicted octanol–water partition coefficient (Wildman–Crippen LogP) is 6.71. The fourth-order valence-electron chi connectivity index (χ4n) is 5.09. The third-order valence-electron chi connectivity index (χ3n) is 7.82. The Morgan fingerprint density at radius 1 is 1.10 bits per heavy atom. The van der Waals surface area contributed by atoms with E-state index in [0.717, 1.165) is 37.0 Å². The van der Waals surface area contributed by atoms with E-state index in [1.807, 2.05) is 44.0 Å². The summed E-state index contributed by atoms with van der Waals surface area (Å²) in [5.74, 6) is 0.148. The summed E-state index contributed by atoms with van der Waals surface area (Å²) >= 11 is 0. The molecule has 0 N–H and O–H groups in total. The Kier molecular flexibility index (Phi) is 7.21. The highest BCUT2D eigenvalue weighted by Crippen LogP contribution is 2.37. The minimum Gasteiger partial charge on any atom is -0.355 e. The van der Waals surface area contributed by atoms with Crippen molar-refractivity contribution in [3.05, 3.63) is 64.9 Å². The van der Waals surface area contributed by atoms with Crippen molar-refractivity contribution >= 4 is 17.0 Å². The summed E-state index contributed by atoms with van der Waals surface area (Å²) in [4.78, 5) is 20.2. The van der Waals surface area contributed by atoms with Crippen LogP contribution in [0.3, 0.4) is 0 Å². The number of benzene rings is 1. The molecule has 0 spiro atoms. The molecule has 0 unspecified atom stereocenters. The number of nitriles is 1. The number of rotatable bonds is 7. The van der Waals surface area contributed by atoms with Crippen LogP contribution in [0, 0.1) is 23.1 Å². The van der Waals surface area contributed by atoms with Crippen LogP contribution in [0.25, 0.3) is 22.7 Å². The molecule has 1 aliphatic carbocycles. The first kappa shape index (κ1) is 27.5. The van der Waals surface area contributed by atoms with Gasteiger partial charge in [0.05, 0.1) is 12.1 Å². The number of alkyl halides is 3. The van der Waals surface area contributed by atoms with E-state index in [1.165, 1.54) is 6.07 Å². The fourth-order valence-corrected chi connectivity index (χ4v) is 5.09. The molecule has 3 heterocycles. The van der Waals surface area contributed by atoms with E-state index in [2.05, 4.69) is 21.9 Å². The molecule has 11 heteroatoms. The monoisotopic (exact) mass is 551 g/mol. The number of halogens is 4. The summed E-state index contributed by atoms with van der Waals surface area (Å²) in [6, 6.07) is 8.81. The topological polar surface area (TPSA) is 83.5 Å². The molecule has 1 atom stereocenters. The first-order valence-corrected chi connectivity index (χ1v) is 13.2. The van der Waals surface area contributed by atoms with Crippen LogP contribution in [0.2, 0.25) is 0 Å². The highest BCUT2D eigenvalue weighted by Gasteiger charge is 2.34. The normalized spacial score (nSPS) is 14.8. The number of pyridine rings is 1. The van der Waals surface area contributed by atoms with Crippen molar-refractivity contribution in [2.45, 2.75) is 64.7 Å². The second-order valence-corrected chi connectivity index (χ2v) is 10.7. The first-order valence-electron chi connectivity index (χ1n) is 13.2. The van der Waals surface area contributed by atoms with Gasteiger partial charge in [0.1, 0.15) is 23.1 Å². The third-order valence-corrected chi connectivity index (χ3v) is 7.82. The Hall–Kier alpha value is -4.07. The quantitative estimate of drug-likeness (QED) is 0.237. The summed E-state index contributed by atoms with van der Waals surface area (Å²) in [6.45, 7) is 6.19. The smallest absolute Gasteiger partial charge is 0.355 e. The van der Waals surface area contributed by atoms with Gasteiger partial charge in [0.2, 0.25) is 5.82 Å². The molecular formula is C29H29F4N7. The van der Waals surface area contributed by atoms with E-state index in [0.29, 0.717) is 34.3 Å². The second-order valence-electron chi connectivity index (χ2n) is 10.7. The summed E-state index contributed by atoms with van der Waals surface area (Å²) in [5.41, 5.74) is 1.28. The first-order chi connectivity index (χ1) is 19.0. The number of imidazole rings is 1. The van der Waals surface area contributed by atoms with Crippen LogP contribution in [0.5, 0.6) is 0 Å². The minimum absolute atomic E-state index is 0.0115. The second kappa shape index (κ2) is 10.5. The minimum atomic E-state index is -4.80. The summed E-state index contributed by atoms with van der Waals surface area (Å²) in [5, 5.41) is 9.68. The zero-order valence-corrected chi connectivity index (χ0v) is 22.7. The van der Waals surface area contributed by atoms with E-state index in [-0.39, 0.29) is 30.0 Å². The van der Waals surface area contributed by atoms with Crippen LogP contribution in [0.1, 0.15) is 68.5 Å². The van der Waals surface area contributed by atoms with Gasteiger partial charge < -0.3 is 9.47 Å². The Morgan fingerprint density at radius 2 is 1.85 bits per heavy atom. The lowest BCUT2D eigenvalue weighted by molar-refractivity contribution is -0.140. The maximum atomic E-state index is 14.6.